The van der Waals surface area contributed by atoms with Crippen molar-refractivity contribution < 1.29 is 26.4 Å². The van der Waals surface area contributed by atoms with Gasteiger partial charge < -0.3 is 0 Å². The number of ketones is 1. The quantitative estimate of drug-likeness (QED) is 0.622. The number of hydrogen-bond acceptors (Lipinski definition) is 3. The van der Waals surface area contributed by atoms with E-state index in [-0.39, 0.29) is 29.9 Å². The molecule has 0 aliphatic carbocycles. The average molecular weight is 378 g/mol. The molecule has 0 unspecified atom stereocenters. The van der Waals surface area contributed by atoms with E-state index >= 15 is 0 Å². The lowest BCUT2D eigenvalue weighted by molar-refractivity contribution is -0.138. The van der Waals surface area contributed by atoms with E-state index < -0.39 is 26.3 Å². The molecule has 0 fully saturated rings. The summed E-state index contributed by atoms with van der Waals surface area (Å²) >= 11 is 0. The molecule has 0 atom stereocenters. The molecule has 7 heteroatoms. The Morgan fingerprint density at radius 3 is 2.16 bits per heavy atom. The van der Waals surface area contributed by atoms with E-state index in [9.17, 15) is 26.4 Å². The van der Waals surface area contributed by atoms with E-state index in [2.05, 4.69) is 0 Å². The highest BCUT2D eigenvalue weighted by atomic mass is 32.2. The van der Waals surface area contributed by atoms with Crippen molar-refractivity contribution in [3.05, 3.63) is 35.4 Å². The first-order valence-electron chi connectivity index (χ1n) is 8.24. The summed E-state index contributed by atoms with van der Waals surface area (Å²) in [6, 6.07) is 5.07. The number of Topliss-reactive ketones (excluding diaryl/α,β-unsaturated/α-hetero) is 1. The first kappa shape index (κ1) is 21.7. The number of benzene rings is 1. The fraction of sp³-hybridized carbons (Fsp3) is 0.611. The monoisotopic (exact) mass is 378 g/mol. The van der Waals surface area contributed by atoms with Crippen molar-refractivity contribution in [1.82, 2.24) is 0 Å². The average Bonchev–Trinajstić information content (AvgIpc) is 2.45. The lowest BCUT2D eigenvalue weighted by Crippen LogP contribution is -2.30. The Balaban J connectivity index is 2.45. The highest BCUT2D eigenvalue weighted by molar-refractivity contribution is 7.92. The molecule has 0 aliphatic heterocycles. The molecule has 0 amide bonds. The SMILES string of the molecule is CC(C)(C)S(=O)(=O)CCCCCC(=O)Cc1ccccc1C(F)(F)F. The van der Waals surface area contributed by atoms with Crippen LogP contribution in [0.1, 0.15) is 57.6 Å². The minimum Gasteiger partial charge on any atom is -0.299 e. The number of halogens is 3. The Hall–Kier alpha value is -1.37. The molecule has 0 radical (unpaired) electrons. The normalized spacial score (nSPS) is 13.0. The van der Waals surface area contributed by atoms with Gasteiger partial charge in [0.2, 0.25) is 0 Å². The first-order valence-corrected chi connectivity index (χ1v) is 9.89. The first-order chi connectivity index (χ1) is 11.3. The van der Waals surface area contributed by atoms with Gasteiger partial charge in [0.1, 0.15) is 5.78 Å². The number of alkyl halides is 3. The van der Waals surface area contributed by atoms with E-state index in [0.29, 0.717) is 19.3 Å². The van der Waals surface area contributed by atoms with Crippen LogP contribution in [0.3, 0.4) is 0 Å². The highest BCUT2D eigenvalue weighted by Gasteiger charge is 2.33. The van der Waals surface area contributed by atoms with Crippen LogP contribution in [0.2, 0.25) is 0 Å². The van der Waals surface area contributed by atoms with Gasteiger partial charge in [0.05, 0.1) is 16.1 Å². The highest BCUT2D eigenvalue weighted by Crippen LogP contribution is 2.32. The van der Waals surface area contributed by atoms with Gasteiger partial charge in [-0.25, -0.2) is 8.42 Å². The predicted molar refractivity (Wildman–Crippen MR) is 92.2 cm³/mol. The lowest BCUT2D eigenvalue weighted by atomic mass is 9.99. The van der Waals surface area contributed by atoms with Gasteiger partial charge in [0.25, 0.3) is 0 Å². The maximum Gasteiger partial charge on any atom is 0.416 e. The Morgan fingerprint density at radius 2 is 1.60 bits per heavy atom. The minimum absolute atomic E-state index is 0.0182. The van der Waals surface area contributed by atoms with Crippen LogP contribution in [0, 0.1) is 0 Å². The standard InChI is InChI=1S/C18H25F3O3S/c1-17(2,3)25(23,24)12-8-4-5-10-15(22)13-14-9-6-7-11-16(14)18(19,20)21/h6-7,9,11H,4-5,8,10,12-13H2,1-3H3. The fourth-order valence-electron chi connectivity index (χ4n) is 2.35. The van der Waals surface area contributed by atoms with Gasteiger partial charge in [-0.15, -0.1) is 0 Å². The smallest absolute Gasteiger partial charge is 0.299 e. The van der Waals surface area contributed by atoms with Crippen molar-refractivity contribution in [2.24, 2.45) is 0 Å². The Labute approximate surface area is 147 Å². The topological polar surface area (TPSA) is 51.2 Å². The molecule has 3 nitrogen and oxygen atoms in total. The zero-order chi connectivity index (χ0) is 19.3. The molecule has 0 heterocycles. The molecule has 1 aromatic rings. The zero-order valence-corrected chi connectivity index (χ0v) is 15.6. The molecular formula is C18H25F3O3S. The van der Waals surface area contributed by atoms with Gasteiger partial charge in [-0.3, -0.25) is 4.79 Å². The molecule has 1 aromatic carbocycles. The van der Waals surface area contributed by atoms with E-state index in [1.54, 1.807) is 20.8 Å². The van der Waals surface area contributed by atoms with E-state index in [1.807, 2.05) is 0 Å². The second-order valence-corrected chi connectivity index (χ2v) is 9.97. The second-order valence-electron chi connectivity index (χ2n) is 7.11. The van der Waals surface area contributed by atoms with Crippen molar-refractivity contribution in [2.45, 2.75) is 63.8 Å². The van der Waals surface area contributed by atoms with Crippen molar-refractivity contribution >= 4 is 15.6 Å². The number of carbonyl (C=O) groups is 1. The van der Waals surface area contributed by atoms with Crippen LogP contribution in [0.15, 0.2) is 24.3 Å². The molecule has 0 aliphatic rings. The summed E-state index contributed by atoms with van der Waals surface area (Å²) < 4.78 is 61.8. The summed E-state index contributed by atoms with van der Waals surface area (Å²) in [5.74, 6) is -0.211. The van der Waals surface area contributed by atoms with Crippen LogP contribution in [0.25, 0.3) is 0 Å². The van der Waals surface area contributed by atoms with Crippen molar-refractivity contribution in [1.29, 1.82) is 0 Å². The van der Waals surface area contributed by atoms with E-state index in [0.717, 1.165) is 6.07 Å². The maximum absolute atomic E-state index is 12.9. The van der Waals surface area contributed by atoms with Crippen molar-refractivity contribution in [3.63, 3.8) is 0 Å². The fourth-order valence-corrected chi connectivity index (χ4v) is 3.55. The lowest BCUT2D eigenvalue weighted by Gasteiger charge is -2.18. The number of rotatable bonds is 8. The number of carbonyl (C=O) groups excluding carboxylic acids is 1. The molecule has 0 N–H and O–H groups in total. The summed E-state index contributed by atoms with van der Waals surface area (Å²) in [6.45, 7) is 4.93. The van der Waals surface area contributed by atoms with E-state index in [1.165, 1.54) is 18.2 Å². The summed E-state index contributed by atoms with van der Waals surface area (Å²) in [4.78, 5) is 11.9. The molecule has 0 spiro atoms. The largest absolute Gasteiger partial charge is 0.416 e. The van der Waals surface area contributed by atoms with Crippen LogP contribution in [0.4, 0.5) is 13.2 Å². The van der Waals surface area contributed by atoms with Crippen molar-refractivity contribution in [3.8, 4) is 0 Å². The molecule has 0 saturated carbocycles. The third-order valence-corrected chi connectivity index (χ3v) is 6.70. The number of hydrogen-bond donors (Lipinski definition) is 0. The Kier molecular flexibility index (Phi) is 7.23. The van der Waals surface area contributed by atoms with Crippen LogP contribution in [0.5, 0.6) is 0 Å². The van der Waals surface area contributed by atoms with Crippen LogP contribution in [-0.4, -0.2) is 24.7 Å². The Bertz CT molecular complexity index is 686. The summed E-state index contributed by atoms with van der Waals surface area (Å²) in [5, 5.41) is 0. The molecule has 142 valence electrons. The summed E-state index contributed by atoms with van der Waals surface area (Å²) in [7, 11) is -3.18. The van der Waals surface area contributed by atoms with Gasteiger partial charge >= 0.3 is 6.18 Å². The molecule has 0 bridgehead atoms. The molecule has 0 saturated heterocycles. The summed E-state index contributed by atoms with van der Waals surface area (Å²) in [6.07, 6.45) is -3.09. The van der Waals surface area contributed by atoms with Crippen LogP contribution < -0.4 is 0 Å². The van der Waals surface area contributed by atoms with Crippen molar-refractivity contribution in [2.75, 3.05) is 5.75 Å². The molecule has 1 rings (SSSR count). The molecular weight excluding hydrogens is 353 g/mol. The predicted octanol–water partition coefficient (Wildman–Crippen LogP) is 4.59. The third-order valence-electron chi connectivity index (χ3n) is 4.01. The van der Waals surface area contributed by atoms with E-state index in [4.69, 9.17) is 0 Å². The number of sulfone groups is 1. The second kappa shape index (κ2) is 8.34. The van der Waals surface area contributed by atoms with Gasteiger partial charge in [0.15, 0.2) is 9.84 Å². The molecule has 25 heavy (non-hydrogen) atoms. The summed E-state index contributed by atoms with van der Waals surface area (Å²) in [5.41, 5.74) is -0.796. The zero-order valence-electron chi connectivity index (χ0n) is 14.8. The third kappa shape index (κ3) is 6.80. The van der Waals surface area contributed by atoms with Gasteiger partial charge in [-0.1, -0.05) is 24.6 Å². The number of unbranched alkanes of at least 4 members (excludes halogenated alkanes) is 2. The van der Waals surface area contributed by atoms with Gasteiger partial charge in [0, 0.05) is 12.8 Å². The minimum atomic E-state index is -4.47. The van der Waals surface area contributed by atoms with Crippen LogP contribution >= 0.6 is 0 Å². The van der Waals surface area contributed by atoms with Gasteiger partial charge in [-0.2, -0.15) is 13.2 Å². The van der Waals surface area contributed by atoms with Crippen LogP contribution in [-0.2, 0) is 27.2 Å². The van der Waals surface area contributed by atoms with Gasteiger partial charge in [-0.05, 0) is 45.2 Å². The Morgan fingerprint density at radius 1 is 1.00 bits per heavy atom. The molecule has 0 aromatic heterocycles. The maximum atomic E-state index is 12.9.